The van der Waals surface area contributed by atoms with Crippen molar-refractivity contribution in [2.24, 2.45) is 0 Å². The number of anilines is 1. The van der Waals surface area contributed by atoms with Gasteiger partial charge in [-0.15, -0.1) is 0 Å². The molecule has 0 atom stereocenters. The lowest BCUT2D eigenvalue weighted by atomic mass is 10.0. The smallest absolute Gasteiger partial charge is 0.339 e. The molecule has 8 heteroatoms. The Morgan fingerprint density at radius 1 is 0.939 bits per heavy atom. The number of methoxy groups -OCH3 is 3. The van der Waals surface area contributed by atoms with Crippen LogP contribution in [0.15, 0.2) is 64.4 Å². The first-order valence-corrected chi connectivity index (χ1v) is 11.7. The van der Waals surface area contributed by atoms with Crippen LogP contribution in [0.25, 0.3) is 0 Å². The Bertz CT molecular complexity index is 1270. The van der Waals surface area contributed by atoms with Crippen molar-refractivity contribution in [1.29, 1.82) is 0 Å². The zero-order chi connectivity index (χ0) is 24.2. The second-order valence-corrected chi connectivity index (χ2v) is 9.36. The number of sulfone groups is 1. The summed E-state index contributed by atoms with van der Waals surface area (Å²) in [7, 11) is 0.370. The summed E-state index contributed by atoms with van der Waals surface area (Å²) in [6.45, 7) is 3.92. The zero-order valence-electron chi connectivity index (χ0n) is 19.3. The molecule has 174 valence electrons. The van der Waals surface area contributed by atoms with Gasteiger partial charge in [0.05, 0.1) is 37.5 Å². The third kappa shape index (κ3) is 4.96. The van der Waals surface area contributed by atoms with Crippen molar-refractivity contribution in [3.8, 4) is 11.5 Å². The largest absolute Gasteiger partial charge is 0.497 e. The maximum absolute atomic E-state index is 13.6. The zero-order valence-corrected chi connectivity index (χ0v) is 20.1. The number of carbonyl (C=O) groups is 1. The van der Waals surface area contributed by atoms with Crippen LogP contribution in [0.1, 0.15) is 27.0 Å². The maximum atomic E-state index is 13.6. The SMILES string of the molecule is COC(=O)c1cc(C)cc(C)c1NCc1cccc(OC)c1S(=O)(=O)c1ccc(OC)cc1. The molecule has 0 bridgehead atoms. The fourth-order valence-electron chi connectivity index (χ4n) is 3.70. The van der Waals surface area contributed by atoms with Crippen molar-refractivity contribution in [1.82, 2.24) is 0 Å². The van der Waals surface area contributed by atoms with Crippen LogP contribution in [0.5, 0.6) is 11.5 Å². The van der Waals surface area contributed by atoms with Crippen molar-refractivity contribution >= 4 is 21.5 Å². The lowest BCUT2D eigenvalue weighted by Gasteiger charge is -2.18. The first kappa shape index (κ1) is 24.1. The molecule has 0 unspecified atom stereocenters. The van der Waals surface area contributed by atoms with Gasteiger partial charge < -0.3 is 19.5 Å². The predicted molar refractivity (Wildman–Crippen MR) is 126 cm³/mol. The number of aryl methyl sites for hydroxylation is 2. The molecule has 1 N–H and O–H groups in total. The molecule has 0 saturated carbocycles. The molecule has 0 aliphatic carbocycles. The molecule has 0 saturated heterocycles. The molecule has 0 radical (unpaired) electrons. The van der Waals surface area contributed by atoms with Crippen LogP contribution in [0.3, 0.4) is 0 Å². The van der Waals surface area contributed by atoms with Crippen LogP contribution in [-0.4, -0.2) is 35.7 Å². The number of hydrogen-bond donors (Lipinski definition) is 1. The van der Waals surface area contributed by atoms with Gasteiger partial charge in [-0.05, 0) is 66.9 Å². The Kier molecular flexibility index (Phi) is 7.28. The summed E-state index contributed by atoms with van der Waals surface area (Å²) < 4.78 is 42.6. The van der Waals surface area contributed by atoms with E-state index in [1.165, 1.54) is 33.5 Å². The molecule has 0 fully saturated rings. The summed E-state index contributed by atoms with van der Waals surface area (Å²) in [5, 5.41) is 3.23. The normalized spacial score (nSPS) is 11.1. The Morgan fingerprint density at radius 3 is 2.24 bits per heavy atom. The summed E-state index contributed by atoms with van der Waals surface area (Å²) in [4.78, 5) is 12.5. The fourth-order valence-corrected chi connectivity index (χ4v) is 5.33. The van der Waals surface area contributed by atoms with E-state index in [0.29, 0.717) is 22.6 Å². The number of carbonyl (C=O) groups excluding carboxylic acids is 1. The first-order chi connectivity index (χ1) is 15.7. The van der Waals surface area contributed by atoms with Gasteiger partial charge in [0, 0.05) is 6.54 Å². The third-order valence-corrected chi connectivity index (χ3v) is 7.15. The van der Waals surface area contributed by atoms with Gasteiger partial charge in [-0.25, -0.2) is 13.2 Å². The van der Waals surface area contributed by atoms with E-state index in [0.717, 1.165) is 11.1 Å². The van der Waals surface area contributed by atoms with E-state index >= 15 is 0 Å². The minimum absolute atomic E-state index is 0.0644. The van der Waals surface area contributed by atoms with Gasteiger partial charge >= 0.3 is 5.97 Å². The van der Waals surface area contributed by atoms with Crippen molar-refractivity contribution in [3.63, 3.8) is 0 Å². The molecule has 0 aliphatic heterocycles. The van der Waals surface area contributed by atoms with E-state index in [4.69, 9.17) is 14.2 Å². The standard InChI is InChI=1S/C25H27NO6S/c1-16-13-17(2)23(21(14-16)25(27)32-5)26-15-18-7-6-8-22(31-4)24(18)33(28,29)20-11-9-19(30-3)10-12-20/h6-14,26H,15H2,1-5H3. The van der Waals surface area contributed by atoms with Gasteiger partial charge in [0.2, 0.25) is 9.84 Å². The minimum Gasteiger partial charge on any atom is -0.497 e. The Hall–Kier alpha value is -3.52. The third-order valence-electron chi connectivity index (χ3n) is 5.26. The molecule has 33 heavy (non-hydrogen) atoms. The predicted octanol–water partition coefficient (Wildman–Crippen LogP) is 4.55. The maximum Gasteiger partial charge on any atom is 0.339 e. The van der Waals surface area contributed by atoms with Gasteiger partial charge in [-0.3, -0.25) is 0 Å². The van der Waals surface area contributed by atoms with Crippen molar-refractivity contribution in [2.75, 3.05) is 26.6 Å². The van der Waals surface area contributed by atoms with Gasteiger partial charge in [-0.1, -0.05) is 18.2 Å². The molecular weight excluding hydrogens is 442 g/mol. The summed E-state index contributed by atoms with van der Waals surface area (Å²) >= 11 is 0. The fraction of sp³-hybridized carbons (Fsp3) is 0.240. The van der Waals surface area contributed by atoms with E-state index in [9.17, 15) is 13.2 Å². The number of nitrogens with one attached hydrogen (secondary N) is 1. The topological polar surface area (TPSA) is 90.9 Å². The van der Waals surface area contributed by atoms with Crippen LogP contribution in [0, 0.1) is 13.8 Å². The van der Waals surface area contributed by atoms with Gasteiger partial charge in [-0.2, -0.15) is 0 Å². The summed E-state index contributed by atoms with van der Waals surface area (Å²) in [5.74, 6) is 0.320. The Morgan fingerprint density at radius 2 is 1.64 bits per heavy atom. The summed E-state index contributed by atoms with van der Waals surface area (Å²) in [5.41, 5.74) is 3.24. The highest BCUT2D eigenvalue weighted by Crippen LogP contribution is 2.34. The molecule has 0 heterocycles. The van der Waals surface area contributed by atoms with Crippen molar-refractivity contribution < 1.29 is 27.4 Å². The first-order valence-electron chi connectivity index (χ1n) is 10.2. The summed E-state index contributed by atoms with van der Waals surface area (Å²) in [6, 6.07) is 14.9. The number of benzene rings is 3. The van der Waals surface area contributed by atoms with E-state index < -0.39 is 15.8 Å². The molecule has 0 spiro atoms. The van der Waals surface area contributed by atoms with Crippen LogP contribution in [-0.2, 0) is 21.1 Å². The molecule has 0 aliphatic rings. The molecule has 3 aromatic rings. The van der Waals surface area contributed by atoms with Gasteiger partial charge in [0.25, 0.3) is 0 Å². The number of esters is 1. The second-order valence-electron chi connectivity index (χ2n) is 7.48. The number of ether oxygens (including phenoxy) is 3. The quantitative estimate of drug-likeness (QED) is 0.484. The highest BCUT2D eigenvalue weighted by Gasteiger charge is 2.26. The minimum atomic E-state index is -3.90. The van der Waals surface area contributed by atoms with Crippen molar-refractivity contribution in [2.45, 2.75) is 30.2 Å². The van der Waals surface area contributed by atoms with Crippen molar-refractivity contribution in [3.05, 3.63) is 76.9 Å². The van der Waals surface area contributed by atoms with Crippen LogP contribution in [0.2, 0.25) is 0 Å². The van der Waals surface area contributed by atoms with E-state index in [1.807, 2.05) is 19.9 Å². The molecule has 3 rings (SSSR count). The lowest BCUT2D eigenvalue weighted by molar-refractivity contribution is 0.0601. The van der Waals surface area contributed by atoms with Crippen LogP contribution < -0.4 is 14.8 Å². The molecule has 0 aromatic heterocycles. The highest BCUT2D eigenvalue weighted by atomic mass is 32.2. The Balaban J connectivity index is 2.06. The average Bonchev–Trinajstić information content (AvgIpc) is 2.82. The molecule has 3 aromatic carbocycles. The number of rotatable bonds is 8. The van der Waals surface area contributed by atoms with E-state index in [2.05, 4.69) is 5.32 Å². The highest BCUT2D eigenvalue weighted by molar-refractivity contribution is 7.91. The molecular formula is C25H27NO6S. The lowest BCUT2D eigenvalue weighted by Crippen LogP contribution is -2.13. The van der Waals surface area contributed by atoms with Crippen LogP contribution in [0.4, 0.5) is 5.69 Å². The van der Waals surface area contributed by atoms with E-state index in [1.54, 1.807) is 36.4 Å². The van der Waals surface area contributed by atoms with Gasteiger partial charge in [0.15, 0.2) is 0 Å². The summed E-state index contributed by atoms with van der Waals surface area (Å²) in [6.07, 6.45) is 0. The monoisotopic (exact) mass is 469 g/mol. The second kappa shape index (κ2) is 9.95. The van der Waals surface area contributed by atoms with E-state index in [-0.39, 0.29) is 22.1 Å². The van der Waals surface area contributed by atoms with Crippen LogP contribution >= 0.6 is 0 Å². The molecule has 0 amide bonds. The average molecular weight is 470 g/mol. The number of hydrogen-bond acceptors (Lipinski definition) is 7. The molecule has 7 nitrogen and oxygen atoms in total. The Labute approximate surface area is 194 Å². The van der Waals surface area contributed by atoms with Gasteiger partial charge in [0.1, 0.15) is 16.4 Å².